The summed E-state index contributed by atoms with van der Waals surface area (Å²) in [5.41, 5.74) is 1.70. The standard InChI is InChI=1S/C14H4Br9Cl/c15-6-4-2-1-3-5(6)13(24,14(21,22)23)7-8(16)10(18)12(20)11(19)9(7)17/h1-4H. The van der Waals surface area contributed by atoms with Crippen LogP contribution in [0.15, 0.2) is 51.1 Å². The van der Waals surface area contributed by atoms with Crippen molar-refractivity contribution in [2.45, 2.75) is 7.02 Å². The Balaban J connectivity index is 3.00. The van der Waals surface area contributed by atoms with Gasteiger partial charge in [0.2, 0.25) is 0 Å². The third-order valence-electron chi connectivity index (χ3n) is 3.19. The summed E-state index contributed by atoms with van der Waals surface area (Å²) in [5.74, 6) is 0. The van der Waals surface area contributed by atoms with E-state index >= 15 is 0 Å². The Kier molecular flexibility index (Phi) is 8.57. The smallest absolute Gasteiger partial charge is 0.105 e. The van der Waals surface area contributed by atoms with E-state index in [1.807, 2.05) is 24.3 Å². The van der Waals surface area contributed by atoms with Crippen molar-refractivity contribution in [3.05, 3.63) is 62.2 Å². The Morgan fingerprint density at radius 1 is 0.667 bits per heavy atom. The van der Waals surface area contributed by atoms with Crippen LogP contribution in [0.1, 0.15) is 11.1 Å². The molecule has 24 heavy (non-hydrogen) atoms. The van der Waals surface area contributed by atoms with Gasteiger partial charge in [0, 0.05) is 32.4 Å². The lowest BCUT2D eigenvalue weighted by molar-refractivity contribution is 0.778. The molecule has 0 amide bonds. The van der Waals surface area contributed by atoms with Gasteiger partial charge in [0.15, 0.2) is 2.14 Å². The molecule has 0 N–H and O–H groups in total. The molecule has 0 spiro atoms. The fraction of sp³-hybridized carbons (Fsp3) is 0.143. The molecule has 0 aliphatic carbocycles. The molecular formula is C14H4Br9Cl. The maximum absolute atomic E-state index is 7.29. The van der Waals surface area contributed by atoms with E-state index in [-0.39, 0.29) is 0 Å². The summed E-state index contributed by atoms with van der Waals surface area (Å²) >= 11 is 39.9. The first kappa shape index (κ1) is 23.3. The van der Waals surface area contributed by atoms with Gasteiger partial charge in [-0.15, -0.1) is 11.6 Å². The summed E-state index contributed by atoms with van der Waals surface area (Å²) < 4.78 is 4.26. The van der Waals surface area contributed by atoms with Crippen molar-refractivity contribution in [2.24, 2.45) is 0 Å². The molecular weight excluding hydrogens is 923 g/mol. The van der Waals surface area contributed by atoms with Crippen LogP contribution in [-0.2, 0) is 4.87 Å². The topological polar surface area (TPSA) is 0 Å². The van der Waals surface area contributed by atoms with E-state index in [0.717, 1.165) is 38.0 Å². The number of rotatable bonds is 2. The van der Waals surface area contributed by atoms with Gasteiger partial charge in [0.25, 0.3) is 0 Å². The molecule has 0 aliphatic rings. The minimum atomic E-state index is -1.03. The van der Waals surface area contributed by atoms with Crippen LogP contribution in [0.3, 0.4) is 0 Å². The molecule has 2 aromatic rings. The van der Waals surface area contributed by atoms with Crippen molar-refractivity contribution in [1.82, 2.24) is 0 Å². The fourth-order valence-electron chi connectivity index (χ4n) is 2.08. The second-order valence-corrected chi connectivity index (χ2v) is 16.7. The quantitative estimate of drug-likeness (QED) is 0.160. The number of alkyl halides is 4. The maximum atomic E-state index is 7.29. The third-order valence-corrected chi connectivity index (χ3v) is 13.1. The first-order valence-electron chi connectivity index (χ1n) is 5.97. The molecule has 0 heterocycles. The van der Waals surface area contributed by atoms with Gasteiger partial charge < -0.3 is 0 Å². The van der Waals surface area contributed by atoms with Crippen LogP contribution >= 0.6 is 155 Å². The van der Waals surface area contributed by atoms with Crippen LogP contribution in [0.25, 0.3) is 0 Å². The van der Waals surface area contributed by atoms with E-state index in [9.17, 15) is 0 Å². The van der Waals surface area contributed by atoms with E-state index < -0.39 is 7.02 Å². The number of benzene rings is 2. The van der Waals surface area contributed by atoms with Gasteiger partial charge in [-0.1, -0.05) is 81.9 Å². The Hall–Kier alpha value is 3.05. The molecule has 0 radical (unpaired) electrons. The Morgan fingerprint density at radius 2 is 1.08 bits per heavy atom. The zero-order chi connectivity index (χ0) is 18.4. The van der Waals surface area contributed by atoms with Gasteiger partial charge in [-0.2, -0.15) is 0 Å². The molecule has 1 atom stereocenters. The van der Waals surface area contributed by atoms with Crippen molar-refractivity contribution in [2.75, 3.05) is 0 Å². The van der Waals surface area contributed by atoms with Crippen LogP contribution in [0.4, 0.5) is 0 Å². The van der Waals surface area contributed by atoms with E-state index in [1.165, 1.54) is 0 Å². The fourth-order valence-corrected chi connectivity index (χ4v) is 8.23. The van der Waals surface area contributed by atoms with Crippen LogP contribution in [0, 0.1) is 0 Å². The molecule has 2 rings (SSSR count). The van der Waals surface area contributed by atoms with E-state index in [2.05, 4.69) is 143 Å². The highest BCUT2D eigenvalue weighted by molar-refractivity contribution is 9.39. The van der Waals surface area contributed by atoms with Crippen LogP contribution in [0.5, 0.6) is 0 Å². The van der Waals surface area contributed by atoms with Gasteiger partial charge in [0.05, 0.1) is 0 Å². The molecule has 0 bridgehead atoms. The highest BCUT2D eigenvalue weighted by atomic mass is 80.0. The van der Waals surface area contributed by atoms with Gasteiger partial charge in [-0.05, 0) is 91.3 Å². The van der Waals surface area contributed by atoms with Crippen molar-refractivity contribution < 1.29 is 0 Å². The van der Waals surface area contributed by atoms with Gasteiger partial charge in [-0.25, -0.2) is 0 Å². The van der Waals surface area contributed by atoms with Crippen LogP contribution in [0.2, 0.25) is 0 Å². The Labute approximate surface area is 220 Å². The Bertz CT molecular complexity index is 771. The highest BCUT2D eigenvalue weighted by Gasteiger charge is 2.52. The number of hydrogen-bond donors (Lipinski definition) is 0. The predicted molar refractivity (Wildman–Crippen MR) is 135 cm³/mol. The summed E-state index contributed by atoms with van der Waals surface area (Å²) in [6.07, 6.45) is 0. The molecule has 0 fully saturated rings. The van der Waals surface area contributed by atoms with E-state index in [4.69, 9.17) is 11.6 Å². The summed E-state index contributed by atoms with van der Waals surface area (Å²) in [6, 6.07) is 7.82. The molecule has 0 aromatic heterocycles. The summed E-state index contributed by atoms with van der Waals surface area (Å²) in [6.45, 7) is 0. The normalized spacial score (nSPS) is 14.6. The van der Waals surface area contributed by atoms with Crippen LogP contribution in [-0.4, -0.2) is 2.14 Å². The largest absolute Gasteiger partial charge is 0.162 e. The van der Waals surface area contributed by atoms with Crippen molar-refractivity contribution in [1.29, 1.82) is 0 Å². The second kappa shape index (κ2) is 8.82. The predicted octanol–water partition coefficient (Wildman–Crippen LogP) is 10.6. The Morgan fingerprint density at radius 3 is 1.50 bits per heavy atom. The molecule has 10 heteroatoms. The molecule has 0 saturated heterocycles. The lowest BCUT2D eigenvalue weighted by Crippen LogP contribution is -2.36. The number of halogens is 10. The average molecular weight is 927 g/mol. The summed E-state index contributed by atoms with van der Waals surface area (Å²) in [5, 5.41) is 0. The maximum Gasteiger partial charge on any atom is 0.162 e. The lowest BCUT2D eigenvalue weighted by Gasteiger charge is -2.38. The second-order valence-electron chi connectivity index (χ2n) is 4.58. The molecule has 0 aliphatic heterocycles. The molecule has 2 aromatic carbocycles. The van der Waals surface area contributed by atoms with E-state index in [0.29, 0.717) is 0 Å². The third kappa shape index (κ3) is 4.16. The minimum absolute atomic E-state index is 0.818. The molecule has 1 unspecified atom stereocenters. The van der Waals surface area contributed by atoms with Gasteiger partial charge in [-0.3, -0.25) is 0 Å². The van der Waals surface area contributed by atoms with Crippen molar-refractivity contribution in [3.8, 4) is 0 Å². The first-order valence-corrected chi connectivity index (χ1v) is 13.5. The SMILES string of the molecule is ClC(c1ccccc1Br)(c1c(Br)c(Br)c(Br)c(Br)c1Br)C(Br)(Br)Br. The summed E-state index contributed by atoms with van der Waals surface area (Å²) in [7, 11) is 0. The molecule has 0 saturated carbocycles. The lowest BCUT2D eigenvalue weighted by atomic mass is 9.92. The molecule has 130 valence electrons. The number of hydrogen-bond acceptors (Lipinski definition) is 0. The van der Waals surface area contributed by atoms with Gasteiger partial charge in [0.1, 0.15) is 4.87 Å². The first-order chi connectivity index (χ1) is 10.9. The average Bonchev–Trinajstić information content (AvgIpc) is 2.50. The van der Waals surface area contributed by atoms with Crippen molar-refractivity contribution >= 4 is 155 Å². The highest BCUT2D eigenvalue weighted by Crippen LogP contribution is 2.63. The van der Waals surface area contributed by atoms with Crippen LogP contribution < -0.4 is 0 Å². The van der Waals surface area contributed by atoms with Gasteiger partial charge >= 0.3 is 0 Å². The zero-order valence-corrected chi connectivity index (χ0v) is 26.1. The van der Waals surface area contributed by atoms with Crippen molar-refractivity contribution in [3.63, 3.8) is 0 Å². The summed E-state index contributed by atoms with van der Waals surface area (Å²) in [4.78, 5) is -1.03. The van der Waals surface area contributed by atoms with E-state index in [1.54, 1.807) is 0 Å². The zero-order valence-electron chi connectivity index (χ0n) is 11.1. The monoisotopic (exact) mass is 917 g/mol. The minimum Gasteiger partial charge on any atom is -0.105 e. The molecule has 0 nitrogen and oxygen atoms in total.